The molecule has 1 heterocycles. The minimum Gasteiger partial charge on any atom is -0.143 e. The van der Waals surface area contributed by atoms with Crippen LogP contribution < -0.4 is 0 Å². The maximum Gasteiger partial charge on any atom is 0.0475 e. The molecule has 1 aromatic rings. The molecule has 0 saturated carbocycles. The third-order valence-electron chi connectivity index (χ3n) is 1.14. The van der Waals surface area contributed by atoms with Gasteiger partial charge in [0.1, 0.15) is 0 Å². The van der Waals surface area contributed by atoms with Crippen LogP contribution in [0.5, 0.6) is 0 Å². The summed E-state index contributed by atoms with van der Waals surface area (Å²) >= 11 is 7.80. The lowest BCUT2D eigenvalue weighted by molar-refractivity contribution is 1.48. The van der Waals surface area contributed by atoms with Crippen LogP contribution in [0.25, 0.3) is 0 Å². The fraction of sp³-hybridized carbons (Fsp3) is 0.111. The third kappa shape index (κ3) is 4.80. The highest BCUT2D eigenvalue weighted by Gasteiger charge is 1.85. The summed E-state index contributed by atoms with van der Waals surface area (Å²) in [5.41, 5.74) is 0. The van der Waals surface area contributed by atoms with Crippen LogP contribution in [0.1, 0.15) is 0 Å². The summed E-state index contributed by atoms with van der Waals surface area (Å²) in [7, 11) is 0. The molecular formula is C9H10S3. The van der Waals surface area contributed by atoms with E-state index in [2.05, 4.69) is 23.4 Å². The van der Waals surface area contributed by atoms with Gasteiger partial charge in [-0.05, 0) is 22.9 Å². The number of thioether (sulfide) groups is 2. The van der Waals surface area contributed by atoms with Crippen molar-refractivity contribution in [2.45, 2.75) is 4.90 Å². The highest BCUT2D eigenvalue weighted by atomic mass is 32.2. The van der Waals surface area contributed by atoms with E-state index in [9.17, 15) is 0 Å². The van der Waals surface area contributed by atoms with Crippen molar-refractivity contribution in [3.63, 3.8) is 0 Å². The molecule has 64 valence electrons. The molecule has 0 aliphatic carbocycles. The average molecular weight is 214 g/mol. The minimum atomic E-state index is 1.02. The molecule has 0 aromatic heterocycles. The average Bonchev–Trinajstić information content (AvgIpc) is 2.62. The maximum atomic E-state index is 4.08. The fourth-order valence-electron chi connectivity index (χ4n) is 0.624. The molecule has 2 rings (SSSR count). The summed E-state index contributed by atoms with van der Waals surface area (Å²) in [5, 5.41) is 5.45. The summed E-state index contributed by atoms with van der Waals surface area (Å²) < 4.78 is 0. The van der Waals surface area contributed by atoms with Gasteiger partial charge in [0, 0.05) is 9.98 Å². The molecule has 1 aliphatic heterocycles. The summed E-state index contributed by atoms with van der Waals surface area (Å²) in [6.07, 6.45) is 0. The van der Waals surface area contributed by atoms with Gasteiger partial charge in [-0.25, -0.2) is 0 Å². The van der Waals surface area contributed by atoms with Crippen molar-refractivity contribution in [1.29, 1.82) is 0 Å². The molecule has 0 nitrogen and oxygen atoms in total. The molecule has 0 amide bonds. The molecule has 0 unspecified atom stereocenters. The van der Waals surface area contributed by atoms with E-state index in [0.29, 0.717) is 0 Å². The number of hydrogen-bond acceptors (Lipinski definition) is 3. The predicted molar refractivity (Wildman–Crippen MR) is 62.9 cm³/mol. The molecule has 3 heteroatoms. The first-order valence-corrected chi connectivity index (χ1v) is 6.06. The van der Waals surface area contributed by atoms with Crippen molar-refractivity contribution >= 4 is 36.2 Å². The maximum absolute atomic E-state index is 4.08. The molecule has 0 N–H and O–H groups in total. The zero-order valence-corrected chi connectivity index (χ0v) is 9.04. The lowest BCUT2D eigenvalue weighted by Gasteiger charge is -1.81. The molecule has 0 fully saturated rings. The molecule has 0 bridgehead atoms. The van der Waals surface area contributed by atoms with Crippen molar-refractivity contribution in [2.24, 2.45) is 0 Å². The Balaban J connectivity index is 0.000000127. The smallest absolute Gasteiger partial charge is 0.0475 e. The highest BCUT2D eigenvalue weighted by Crippen LogP contribution is 2.22. The van der Waals surface area contributed by atoms with Gasteiger partial charge in [-0.3, -0.25) is 0 Å². The number of thiol groups is 1. The van der Waals surface area contributed by atoms with Crippen molar-refractivity contribution < 1.29 is 0 Å². The van der Waals surface area contributed by atoms with Gasteiger partial charge in [-0.1, -0.05) is 18.2 Å². The highest BCUT2D eigenvalue weighted by molar-refractivity contribution is 8.21. The lowest BCUT2D eigenvalue weighted by atomic mass is 10.4. The Bertz CT molecular complexity index is 225. The Kier molecular flexibility index (Phi) is 5.48. The molecular weight excluding hydrogens is 204 g/mol. The first-order valence-electron chi connectivity index (χ1n) is 3.52. The molecule has 0 radical (unpaired) electrons. The number of rotatable bonds is 0. The Morgan fingerprint density at radius 2 is 1.58 bits per heavy atom. The monoisotopic (exact) mass is 214 g/mol. The first kappa shape index (κ1) is 10.1. The van der Waals surface area contributed by atoms with Crippen molar-refractivity contribution in [2.75, 3.05) is 5.08 Å². The van der Waals surface area contributed by atoms with E-state index in [1.165, 1.54) is 5.08 Å². The normalized spacial score (nSPS) is 13.8. The summed E-state index contributed by atoms with van der Waals surface area (Å²) in [6, 6.07) is 9.79. The van der Waals surface area contributed by atoms with Gasteiger partial charge in [0.15, 0.2) is 0 Å². The Labute approximate surface area is 87.2 Å². The van der Waals surface area contributed by atoms with Crippen LogP contribution in [-0.2, 0) is 0 Å². The largest absolute Gasteiger partial charge is 0.143 e. The lowest BCUT2D eigenvalue weighted by Crippen LogP contribution is -1.56. The standard InChI is InChI=1S/C6H6S.C3H4S2/c7-6-4-2-1-3-5-6;1-2-5-3-4-1/h1-5,7H;1-2H,3H2. The van der Waals surface area contributed by atoms with E-state index in [1.807, 2.05) is 53.9 Å². The molecule has 0 saturated heterocycles. The van der Waals surface area contributed by atoms with Gasteiger partial charge in [-0.15, -0.1) is 36.2 Å². The minimum absolute atomic E-state index is 1.02. The first-order chi connectivity index (χ1) is 5.89. The van der Waals surface area contributed by atoms with E-state index in [1.54, 1.807) is 0 Å². The van der Waals surface area contributed by atoms with Crippen LogP contribution in [0.3, 0.4) is 0 Å². The second kappa shape index (κ2) is 6.52. The van der Waals surface area contributed by atoms with E-state index in [4.69, 9.17) is 0 Å². The summed E-state index contributed by atoms with van der Waals surface area (Å²) in [4.78, 5) is 1.02. The molecule has 1 aliphatic rings. The van der Waals surface area contributed by atoms with Gasteiger partial charge in [0.2, 0.25) is 0 Å². The van der Waals surface area contributed by atoms with E-state index < -0.39 is 0 Å². The summed E-state index contributed by atoms with van der Waals surface area (Å²) in [5.74, 6) is 0. The second-order valence-electron chi connectivity index (χ2n) is 2.06. The van der Waals surface area contributed by atoms with Gasteiger partial charge in [0.25, 0.3) is 0 Å². The van der Waals surface area contributed by atoms with Crippen LogP contribution in [0, 0.1) is 0 Å². The topological polar surface area (TPSA) is 0 Å². The van der Waals surface area contributed by atoms with Crippen LogP contribution >= 0.6 is 36.2 Å². The van der Waals surface area contributed by atoms with E-state index in [0.717, 1.165) is 4.90 Å². The van der Waals surface area contributed by atoms with E-state index in [-0.39, 0.29) is 0 Å². The van der Waals surface area contributed by atoms with Crippen LogP contribution in [0.2, 0.25) is 0 Å². The van der Waals surface area contributed by atoms with Crippen LogP contribution in [0.15, 0.2) is 46.0 Å². The Morgan fingerprint density at radius 3 is 1.83 bits per heavy atom. The molecule has 0 spiro atoms. The quantitative estimate of drug-likeness (QED) is 0.651. The number of benzene rings is 1. The molecule has 1 aromatic carbocycles. The van der Waals surface area contributed by atoms with Crippen molar-refractivity contribution in [3.8, 4) is 0 Å². The zero-order chi connectivity index (χ0) is 8.65. The van der Waals surface area contributed by atoms with E-state index >= 15 is 0 Å². The zero-order valence-electron chi connectivity index (χ0n) is 6.51. The van der Waals surface area contributed by atoms with Gasteiger partial charge in [-0.2, -0.15) is 0 Å². The Morgan fingerprint density at radius 1 is 1.00 bits per heavy atom. The SMILES string of the molecule is C1=CSCS1.Sc1ccccc1. The van der Waals surface area contributed by atoms with Crippen LogP contribution in [-0.4, -0.2) is 5.08 Å². The Hall–Kier alpha value is 0.01000. The molecule has 12 heavy (non-hydrogen) atoms. The predicted octanol–water partition coefficient (Wildman–Crippen LogP) is 3.87. The number of hydrogen-bond donors (Lipinski definition) is 1. The third-order valence-corrected chi connectivity index (χ3v) is 3.36. The van der Waals surface area contributed by atoms with Gasteiger partial charge < -0.3 is 0 Å². The van der Waals surface area contributed by atoms with Crippen molar-refractivity contribution in [3.05, 3.63) is 41.1 Å². The van der Waals surface area contributed by atoms with Gasteiger partial charge >= 0.3 is 0 Å². The van der Waals surface area contributed by atoms with Gasteiger partial charge in [0.05, 0.1) is 0 Å². The summed E-state index contributed by atoms with van der Waals surface area (Å²) in [6.45, 7) is 0. The fourth-order valence-corrected chi connectivity index (χ4v) is 2.37. The second-order valence-corrected chi connectivity index (χ2v) is 4.73. The van der Waals surface area contributed by atoms with Crippen LogP contribution in [0.4, 0.5) is 0 Å². The molecule has 0 atom stereocenters. The van der Waals surface area contributed by atoms with Crippen molar-refractivity contribution in [1.82, 2.24) is 0 Å².